The zero-order valence-electron chi connectivity index (χ0n) is 13.2. The number of imide groups is 1. The first-order valence-corrected chi connectivity index (χ1v) is 7.27. The molecule has 1 aromatic carbocycles. The van der Waals surface area contributed by atoms with Crippen LogP contribution in [-0.4, -0.2) is 30.2 Å². The van der Waals surface area contributed by atoms with Crippen molar-refractivity contribution in [2.24, 2.45) is 7.05 Å². The van der Waals surface area contributed by atoms with Crippen molar-refractivity contribution in [1.82, 2.24) is 10.6 Å². The van der Waals surface area contributed by atoms with Gasteiger partial charge in [-0.05, 0) is 24.3 Å². The van der Waals surface area contributed by atoms with E-state index in [-0.39, 0.29) is 30.5 Å². The summed E-state index contributed by atoms with van der Waals surface area (Å²) in [6.45, 7) is 0.0823. The highest BCUT2D eigenvalue weighted by atomic mass is 16.6. The number of ether oxygens (including phenoxy) is 1. The molecule has 0 aliphatic carbocycles. The van der Waals surface area contributed by atoms with Crippen LogP contribution in [0, 0.1) is 0 Å². The van der Waals surface area contributed by atoms with E-state index < -0.39 is 12.0 Å². The predicted molar refractivity (Wildman–Crippen MR) is 77.9 cm³/mol. The number of nitrogens with one attached hydrogen (secondary N) is 1. The minimum atomic E-state index is -0.700. The number of aromatic nitrogens is 2. The molecule has 24 heavy (non-hydrogen) atoms. The van der Waals surface area contributed by atoms with Gasteiger partial charge in [0.25, 0.3) is 5.91 Å². The Morgan fingerprint density at radius 1 is 1.42 bits per heavy atom. The maximum Gasteiger partial charge on any atom is 0.251 e. The number of anilines is 1. The summed E-state index contributed by atoms with van der Waals surface area (Å²) < 4.78 is 10.9. The van der Waals surface area contributed by atoms with Crippen LogP contribution in [0.2, 0.25) is 0 Å². The monoisotopic (exact) mass is 332 g/mol. The summed E-state index contributed by atoms with van der Waals surface area (Å²) in [5, 5.41) is 17.9. The fraction of sp³-hybridized carbons (Fsp3) is 0.333. The Hall–Kier alpha value is -2.94. The molecule has 9 heteroatoms. The van der Waals surface area contributed by atoms with Gasteiger partial charge in [0.2, 0.25) is 11.6 Å². The Kier molecular flexibility index (Phi) is 4.17. The molecule has 1 fully saturated rings. The summed E-state index contributed by atoms with van der Waals surface area (Å²) >= 11 is 0. The molecule has 126 valence electrons. The van der Waals surface area contributed by atoms with Crippen LogP contribution in [0.15, 0.2) is 28.8 Å². The number of hydrogen-bond acceptors (Lipinski definition) is 7. The van der Waals surface area contributed by atoms with Crippen molar-refractivity contribution in [3.8, 4) is 11.7 Å². The summed E-state index contributed by atoms with van der Waals surface area (Å²) in [4.78, 5) is 25.8. The Bertz CT molecular complexity index is 751. The van der Waals surface area contributed by atoms with Gasteiger partial charge in [0, 0.05) is 0 Å². The van der Waals surface area contributed by atoms with E-state index in [0.29, 0.717) is 11.4 Å². The first kappa shape index (κ1) is 15.9. The van der Waals surface area contributed by atoms with Crippen LogP contribution < -0.4 is 24.7 Å². The van der Waals surface area contributed by atoms with Gasteiger partial charge in [0.05, 0.1) is 37.1 Å². The third-order valence-electron chi connectivity index (χ3n) is 3.87. The largest absolute Gasteiger partial charge is 0.539 e. The fourth-order valence-electron chi connectivity index (χ4n) is 2.53. The van der Waals surface area contributed by atoms with Crippen molar-refractivity contribution in [3.63, 3.8) is 0 Å². The van der Waals surface area contributed by atoms with Crippen molar-refractivity contribution < 1.29 is 28.6 Å². The highest BCUT2D eigenvalue weighted by Crippen LogP contribution is 2.25. The Morgan fingerprint density at radius 2 is 2.12 bits per heavy atom. The second kappa shape index (κ2) is 6.28. The smallest absolute Gasteiger partial charge is 0.251 e. The van der Waals surface area contributed by atoms with Crippen molar-refractivity contribution >= 4 is 17.5 Å². The molecule has 0 spiro atoms. The minimum Gasteiger partial charge on any atom is -0.539 e. The maximum absolute atomic E-state index is 12.5. The highest BCUT2D eigenvalue weighted by molar-refractivity contribution is 6.22. The van der Waals surface area contributed by atoms with Gasteiger partial charge >= 0.3 is 0 Å². The molecule has 2 aromatic rings. The van der Waals surface area contributed by atoms with E-state index in [0.717, 1.165) is 4.90 Å². The standard InChI is InChI=1S/C15H16N4O5/c1-18-12(15(22)24-17-18)8-16-11-7-13(20)19(14(11)21)9-3-5-10(23-2)6-4-9/h3-6,11,16H,7-8H2,1-2H3. The number of nitrogens with zero attached hydrogens (tertiary/aromatic N) is 3. The number of hydrogen-bond donors (Lipinski definition) is 1. The van der Waals surface area contributed by atoms with E-state index in [1.165, 1.54) is 11.8 Å². The van der Waals surface area contributed by atoms with Crippen LogP contribution in [0.3, 0.4) is 0 Å². The quantitative estimate of drug-likeness (QED) is 0.552. The van der Waals surface area contributed by atoms with Gasteiger partial charge in [-0.3, -0.25) is 14.9 Å². The lowest BCUT2D eigenvalue weighted by Gasteiger charge is -2.15. The summed E-state index contributed by atoms with van der Waals surface area (Å²) in [5.41, 5.74) is 0.758. The molecule has 2 heterocycles. The molecular formula is C15H16N4O5. The summed E-state index contributed by atoms with van der Waals surface area (Å²) in [6.07, 6.45) is 0.0219. The molecule has 2 amide bonds. The Balaban J connectivity index is 1.71. The zero-order valence-corrected chi connectivity index (χ0v) is 13.2. The van der Waals surface area contributed by atoms with E-state index in [9.17, 15) is 14.7 Å². The third-order valence-corrected chi connectivity index (χ3v) is 3.87. The van der Waals surface area contributed by atoms with E-state index in [1.807, 2.05) is 0 Å². The first-order chi connectivity index (χ1) is 11.5. The van der Waals surface area contributed by atoms with Gasteiger partial charge in [0.1, 0.15) is 5.75 Å². The fourth-order valence-corrected chi connectivity index (χ4v) is 2.53. The van der Waals surface area contributed by atoms with Crippen molar-refractivity contribution in [2.45, 2.75) is 19.0 Å². The van der Waals surface area contributed by atoms with Gasteiger partial charge in [-0.15, -0.1) is 0 Å². The molecule has 0 bridgehead atoms. The number of amides is 2. The summed E-state index contributed by atoms with van der Waals surface area (Å²) in [6, 6.07) is 5.95. The molecule has 1 aliphatic heterocycles. The first-order valence-electron chi connectivity index (χ1n) is 7.27. The molecule has 1 N–H and O–H groups in total. The topological polar surface area (TPSA) is 112 Å². The molecule has 0 radical (unpaired) electrons. The number of carbonyl (C=O) groups excluding carboxylic acids is 2. The zero-order chi connectivity index (χ0) is 17.3. The van der Waals surface area contributed by atoms with Crippen molar-refractivity contribution in [1.29, 1.82) is 0 Å². The van der Waals surface area contributed by atoms with E-state index >= 15 is 0 Å². The van der Waals surface area contributed by atoms with Crippen LogP contribution in [0.1, 0.15) is 12.1 Å². The average molecular weight is 332 g/mol. The lowest BCUT2D eigenvalue weighted by Crippen LogP contribution is -2.42. The lowest BCUT2D eigenvalue weighted by molar-refractivity contribution is -0.746. The summed E-state index contributed by atoms with van der Waals surface area (Å²) in [7, 11) is 3.10. The van der Waals surface area contributed by atoms with E-state index in [1.54, 1.807) is 31.3 Å². The number of carbonyl (C=O) groups is 2. The molecule has 1 atom stereocenters. The highest BCUT2D eigenvalue weighted by Gasteiger charge is 2.39. The van der Waals surface area contributed by atoms with Crippen molar-refractivity contribution in [2.75, 3.05) is 12.0 Å². The van der Waals surface area contributed by atoms with Gasteiger partial charge in [-0.2, -0.15) is 0 Å². The molecule has 9 nitrogen and oxygen atoms in total. The van der Waals surface area contributed by atoms with Crippen molar-refractivity contribution in [3.05, 3.63) is 30.0 Å². The molecule has 1 saturated heterocycles. The Morgan fingerprint density at radius 3 is 2.71 bits per heavy atom. The third kappa shape index (κ3) is 2.81. The van der Waals surface area contributed by atoms with Crippen LogP contribution in [0.4, 0.5) is 5.69 Å². The van der Waals surface area contributed by atoms with Crippen LogP contribution in [-0.2, 0) is 23.2 Å². The molecule has 1 unspecified atom stereocenters. The molecule has 1 aliphatic rings. The average Bonchev–Trinajstić information content (AvgIpc) is 3.05. The van der Waals surface area contributed by atoms with Gasteiger partial charge in [0.15, 0.2) is 13.0 Å². The van der Waals surface area contributed by atoms with Gasteiger partial charge in [-0.25, -0.2) is 4.90 Å². The van der Waals surface area contributed by atoms with Crippen LogP contribution >= 0.6 is 0 Å². The molecule has 1 aromatic heterocycles. The van der Waals surface area contributed by atoms with Crippen LogP contribution in [0.25, 0.3) is 0 Å². The number of rotatable bonds is 5. The minimum absolute atomic E-state index is 0.0219. The second-order valence-electron chi connectivity index (χ2n) is 5.33. The maximum atomic E-state index is 12.5. The second-order valence-corrected chi connectivity index (χ2v) is 5.33. The SMILES string of the molecule is COc1ccc(N2C(=O)CC(NCc3c([O-])on[n+]3C)C2=O)cc1. The van der Waals surface area contributed by atoms with E-state index in [2.05, 4.69) is 15.1 Å². The van der Waals surface area contributed by atoms with Gasteiger partial charge < -0.3 is 14.4 Å². The molecule has 3 rings (SSSR count). The molecule has 0 saturated carbocycles. The van der Waals surface area contributed by atoms with Crippen LogP contribution in [0.5, 0.6) is 11.7 Å². The number of methoxy groups -OCH3 is 1. The lowest BCUT2D eigenvalue weighted by atomic mass is 10.2. The van der Waals surface area contributed by atoms with E-state index in [4.69, 9.17) is 4.74 Å². The summed E-state index contributed by atoms with van der Waals surface area (Å²) in [5.74, 6) is -0.610. The normalized spacial score (nSPS) is 17.6. The Labute approximate surface area is 137 Å². The number of benzene rings is 1. The van der Waals surface area contributed by atoms with Gasteiger partial charge in [-0.1, -0.05) is 4.68 Å². The molecular weight excluding hydrogens is 316 g/mol. The predicted octanol–water partition coefficient (Wildman–Crippen LogP) is -0.997. The number of aryl methyl sites for hydroxylation is 1.